The average molecular weight is 315 g/mol. The zero-order valence-electron chi connectivity index (χ0n) is 9.11. The van der Waals surface area contributed by atoms with Crippen molar-refractivity contribution in [3.63, 3.8) is 0 Å². The average Bonchev–Trinajstić information content (AvgIpc) is 2.82. The van der Waals surface area contributed by atoms with Crippen LogP contribution in [0, 0.1) is 0 Å². The largest absolute Gasteiger partial charge is 0.293 e. The number of Topliss-reactive ketones (excluding diaryl/α,β-unsaturated/α-hetero) is 1. The lowest BCUT2D eigenvalue weighted by Gasteiger charge is -2.10. The van der Waals surface area contributed by atoms with Gasteiger partial charge in [0.05, 0.1) is 10.6 Å². The van der Waals surface area contributed by atoms with Gasteiger partial charge in [0.15, 0.2) is 10.9 Å². The van der Waals surface area contributed by atoms with E-state index in [4.69, 9.17) is 0 Å². The maximum Gasteiger partial charge on any atom is 0.230 e. The minimum Gasteiger partial charge on any atom is -0.293 e. The first-order valence-electron chi connectivity index (χ1n) is 5.62. The van der Waals surface area contributed by atoms with Crippen LogP contribution < -0.4 is 4.90 Å². The van der Waals surface area contributed by atoms with Crippen molar-refractivity contribution in [1.29, 1.82) is 0 Å². The van der Waals surface area contributed by atoms with E-state index < -0.39 is 0 Å². The van der Waals surface area contributed by atoms with Crippen molar-refractivity contribution in [2.45, 2.75) is 30.5 Å². The minimum absolute atomic E-state index is 0.0884. The van der Waals surface area contributed by atoms with E-state index in [0.29, 0.717) is 24.5 Å². The smallest absolute Gasteiger partial charge is 0.230 e. The summed E-state index contributed by atoms with van der Waals surface area (Å²) in [7, 11) is 0. The lowest BCUT2D eigenvalue weighted by Crippen LogP contribution is -2.24. The van der Waals surface area contributed by atoms with Crippen LogP contribution in [0.3, 0.4) is 0 Å². The third-order valence-electron chi connectivity index (χ3n) is 3.07. The highest BCUT2D eigenvalue weighted by atomic mass is 79.9. The summed E-state index contributed by atoms with van der Waals surface area (Å²) in [5.74, 6) is 0.266. The molecule has 90 valence electrons. The van der Waals surface area contributed by atoms with Gasteiger partial charge in [0.2, 0.25) is 5.91 Å². The Morgan fingerprint density at radius 2 is 2.18 bits per heavy atom. The van der Waals surface area contributed by atoms with Crippen molar-refractivity contribution in [2.24, 2.45) is 0 Å². The highest BCUT2D eigenvalue weighted by Crippen LogP contribution is 2.34. The van der Waals surface area contributed by atoms with Crippen LogP contribution in [0.5, 0.6) is 0 Å². The second-order valence-corrected chi connectivity index (χ2v) is 6.63. The van der Waals surface area contributed by atoms with Gasteiger partial charge in [-0.3, -0.25) is 14.5 Å². The lowest BCUT2D eigenvalue weighted by atomic mass is 10.0. The molecule has 0 radical (unpaired) electrons. The molecule has 2 heterocycles. The SMILES string of the molecule is O=C1CCCc2nc(N3CC(Br)CC3=O)sc21. The predicted molar refractivity (Wildman–Crippen MR) is 69.1 cm³/mol. The van der Waals surface area contributed by atoms with Crippen LogP contribution >= 0.6 is 27.3 Å². The van der Waals surface area contributed by atoms with Gasteiger partial charge in [-0.05, 0) is 12.8 Å². The van der Waals surface area contributed by atoms with E-state index >= 15 is 0 Å². The summed E-state index contributed by atoms with van der Waals surface area (Å²) in [5, 5.41) is 0.692. The molecule has 1 aromatic heterocycles. The lowest BCUT2D eigenvalue weighted by molar-refractivity contribution is -0.117. The summed E-state index contributed by atoms with van der Waals surface area (Å²) >= 11 is 4.82. The zero-order valence-corrected chi connectivity index (χ0v) is 11.5. The molecule has 1 aromatic rings. The number of amides is 1. The van der Waals surface area contributed by atoms with Gasteiger partial charge in [-0.2, -0.15) is 0 Å². The van der Waals surface area contributed by atoms with Gasteiger partial charge in [0.1, 0.15) is 0 Å². The fraction of sp³-hybridized carbons (Fsp3) is 0.545. The Kier molecular flexibility index (Phi) is 2.78. The molecular weight excluding hydrogens is 304 g/mol. The summed E-state index contributed by atoms with van der Waals surface area (Å²) in [5.41, 5.74) is 0.882. The molecule has 6 heteroatoms. The number of alkyl halides is 1. The number of ketones is 1. The van der Waals surface area contributed by atoms with Crippen LogP contribution in [0.4, 0.5) is 5.13 Å². The molecule has 1 aliphatic carbocycles. The van der Waals surface area contributed by atoms with Gasteiger partial charge in [-0.25, -0.2) is 4.98 Å². The molecule has 1 fully saturated rings. The first-order valence-corrected chi connectivity index (χ1v) is 7.35. The Bertz CT molecular complexity index is 500. The van der Waals surface area contributed by atoms with Crippen molar-refractivity contribution in [2.75, 3.05) is 11.4 Å². The third kappa shape index (κ3) is 1.93. The second-order valence-electron chi connectivity index (χ2n) is 4.35. The van der Waals surface area contributed by atoms with Crippen molar-refractivity contribution < 1.29 is 9.59 Å². The number of fused-ring (bicyclic) bond motifs is 1. The molecule has 4 nitrogen and oxygen atoms in total. The third-order valence-corrected chi connectivity index (χ3v) is 4.84. The number of nitrogens with zero attached hydrogens (tertiary/aromatic N) is 2. The molecule has 17 heavy (non-hydrogen) atoms. The molecule has 0 spiro atoms. The number of anilines is 1. The first-order chi connectivity index (χ1) is 8.15. The van der Waals surface area contributed by atoms with Crippen molar-refractivity contribution in [3.05, 3.63) is 10.6 Å². The molecule has 1 atom stereocenters. The number of rotatable bonds is 1. The van der Waals surface area contributed by atoms with Gasteiger partial charge >= 0.3 is 0 Å². The maximum absolute atomic E-state index is 11.8. The quantitative estimate of drug-likeness (QED) is 0.746. The van der Waals surface area contributed by atoms with Gasteiger partial charge < -0.3 is 0 Å². The van der Waals surface area contributed by atoms with Crippen molar-refractivity contribution in [3.8, 4) is 0 Å². The Hall–Kier alpha value is -0.750. The number of aryl methyl sites for hydroxylation is 1. The molecule has 0 bridgehead atoms. The van der Waals surface area contributed by atoms with Crippen molar-refractivity contribution >= 4 is 44.1 Å². The molecule has 1 aliphatic heterocycles. The van der Waals surface area contributed by atoms with Gasteiger partial charge in [0, 0.05) is 24.2 Å². The van der Waals surface area contributed by atoms with E-state index in [9.17, 15) is 9.59 Å². The van der Waals surface area contributed by atoms with Crippen LogP contribution in [0.15, 0.2) is 0 Å². The Morgan fingerprint density at radius 1 is 1.35 bits per heavy atom. The topological polar surface area (TPSA) is 50.3 Å². The Balaban J connectivity index is 1.94. The molecule has 0 saturated carbocycles. The van der Waals surface area contributed by atoms with E-state index in [1.165, 1.54) is 11.3 Å². The molecule has 1 amide bonds. The normalized spacial score (nSPS) is 24.3. The molecule has 2 aliphatic rings. The summed E-state index contributed by atoms with van der Waals surface area (Å²) in [6.45, 7) is 0.652. The van der Waals surface area contributed by atoms with Crippen LogP contribution in [-0.4, -0.2) is 28.0 Å². The summed E-state index contributed by atoms with van der Waals surface area (Å²) in [4.78, 5) is 30.6. The van der Waals surface area contributed by atoms with Gasteiger partial charge in [0.25, 0.3) is 0 Å². The van der Waals surface area contributed by atoms with Crippen LogP contribution in [0.2, 0.25) is 0 Å². The summed E-state index contributed by atoms with van der Waals surface area (Å²) in [6, 6.07) is 0. The number of halogens is 1. The maximum atomic E-state index is 11.8. The van der Waals surface area contributed by atoms with E-state index in [2.05, 4.69) is 20.9 Å². The highest BCUT2D eigenvalue weighted by Gasteiger charge is 2.32. The van der Waals surface area contributed by atoms with E-state index in [0.717, 1.165) is 23.4 Å². The number of hydrogen-bond donors (Lipinski definition) is 0. The molecule has 0 N–H and O–H groups in total. The standard InChI is InChI=1S/C11H11BrN2O2S/c12-6-4-9(16)14(5-6)11-13-7-2-1-3-8(15)10(7)17-11/h6H,1-5H2. The Labute approximate surface area is 111 Å². The first kappa shape index (κ1) is 11.3. The molecular formula is C11H11BrN2O2S. The monoisotopic (exact) mass is 314 g/mol. The number of aromatic nitrogens is 1. The summed E-state index contributed by atoms with van der Waals surface area (Å²) in [6.07, 6.45) is 2.86. The van der Waals surface area contributed by atoms with Gasteiger partial charge in [-0.15, -0.1) is 0 Å². The minimum atomic E-state index is 0.0884. The molecule has 0 aromatic carbocycles. The fourth-order valence-corrected chi connectivity index (χ4v) is 3.89. The van der Waals surface area contributed by atoms with E-state index in [1.807, 2.05) is 0 Å². The predicted octanol–water partition coefficient (Wildman–Crippen LogP) is 2.16. The fourth-order valence-electron chi connectivity index (χ4n) is 2.22. The number of thiazole rings is 1. The molecule has 3 rings (SSSR count). The van der Waals surface area contributed by atoms with E-state index in [-0.39, 0.29) is 16.5 Å². The van der Waals surface area contributed by atoms with E-state index in [1.54, 1.807) is 4.90 Å². The number of carbonyl (C=O) groups excluding carboxylic acids is 2. The number of hydrogen-bond acceptors (Lipinski definition) is 4. The second kappa shape index (κ2) is 4.17. The van der Waals surface area contributed by atoms with Crippen LogP contribution in [-0.2, 0) is 11.2 Å². The number of carbonyl (C=O) groups is 2. The zero-order chi connectivity index (χ0) is 12.0. The molecule has 1 saturated heterocycles. The molecule has 1 unspecified atom stereocenters. The van der Waals surface area contributed by atoms with Crippen LogP contribution in [0.25, 0.3) is 0 Å². The van der Waals surface area contributed by atoms with Crippen LogP contribution in [0.1, 0.15) is 34.6 Å². The Morgan fingerprint density at radius 3 is 2.82 bits per heavy atom. The summed E-state index contributed by atoms with van der Waals surface area (Å²) < 4.78 is 0. The highest BCUT2D eigenvalue weighted by molar-refractivity contribution is 9.09. The van der Waals surface area contributed by atoms with Gasteiger partial charge in [-0.1, -0.05) is 27.3 Å². The van der Waals surface area contributed by atoms with Crippen molar-refractivity contribution in [1.82, 2.24) is 4.98 Å².